The third-order valence-corrected chi connectivity index (χ3v) is 3.32. The van der Waals surface area contributed by atoms with Crippen LogP contribution in [0.3, 0.4) is 0 Å². The molecule has 2 bridgehead atoms. The summed E-state index contributed by atoms with van der Waals surface area (Å²) >= 11 is 5.19. The average molecular weight is 189 g/mol. The minimum atomic E-state index is -0.632. The second kappa shape index (κ2) is 3.25. The van der Waals surface area contributed by atoms with Crippen molar-refractivity contribution in [2.24, 2.45) is 11.8 Å². The van der Waals surface area contributed by atoms with Gasteiger partial charge < -0.3 is 4.74 Å². The molecule has 0 aliphatic heterocycles. The molecule has 0 aromatic rings. The molecule has 3 heteroatoms. The molecule has 0 saturated heterocycles. The number of hydrogen-bond donors (Lipinski definition) is 0. The molecule has 0 spiro atoms. The Morgan fingerprint density at radius 2 is 1.92 bits per heavy atom. The summed E-state index contributed by atoms with van der Waals surface area (Å²) in [4.78, 5) is 10.5. The highest BCUT2D eigenvalue weighted by Gasteiger charge is 2.37. The third-order valence-electron chi connectivity index (χ3n) is 3.23. The predicted octanol–water partition coefficient (Wildman–Crippen LogP) is 2.94. The van der Waals surface area contributed by atoms with Crippen LogP contribution in [0.4, 0.5) is 4.79 Å². The van der Waals surface area contributed by atoms with E-state index in [-0.39, 0.29) is 6.10 Å². The van der Waals surface area contributed by atoms with Crippen LogP contribution in [0, 0.1) is 11.8 Å². The van der Waals surface area contributed by atoms with Crippen molar-refractivity contribution in [3.8, 4) is 0 Å². The lowest BCUT2D eigenvalue weighted by molar-refractivity contribution is -0.00294. The van der Waals surface area contributed by atoms with Gasteiger partial charge in [-0.3, -0.25) is 0 Å². The van der Waals surface area contributed by atoms with Gasteiger partial charge in [0.1, 0.15) is 6.10 Å². The fourth-order valence-electron chi connectivity index (χ4n) is 2.58. The van der Waals surface area contributed by atoms with E-state index in [1.54, 1.807) is 0 Å². The van der Waals surface area contributed by atoms with E-state index in [1.807, 2.05) is 0 Å². The van der Waals surface area contributed by atoms with Crippen LogP contribution in [0.1, 0.15) is 32.1 Å². The highest BCUT2D eigenvalue weighted by atomic mass is 35.5. The molecule has 1 atom stereocenters. The molecule has 0 aromatic heterocycles. The number of rotatable bonds is 1. The summed E-state index contributed by atoms with van der Waals surface area (Å²) in [6.45, 7) is 0. The molecular weight excluding hydrogens is 176 g/mol. The molecule has 1 unspecified atom stereocenters. The van der Waals surface area contributed by atoms with Crippen LogP contribution in [0.15, 0.2) is 0 Å². The molecular formula is C9H13ClO2. The lowest BCUT2D eigenvalue weighted by Gasteiger charge is -2.41. The summed E-state index contributed by atoms with van der Waals surface area (Å²) in [6.07, 6.45) is 6.26. The van der Waals surface area contributed by atoms with Crippen molar-refractivity contribution < 1.29 is 9.53 Å². The lowest BCUT2D eigenvalue weighted by atomic mass is 9.69. The van der Waals surface area contributed by atoms with Crippen LogP contribution < -0.4 is 0 Å². The van der Waals surface area contributed by atoms with Gasteiger partial charge >= 0.3 is 5.43 Å². The summed E-state index contributed by atoms with van der Waals surface area (Å²) in [5.74, 6) is 1.38. The molecule has 0 N–H and O–H groups in total. The lowest BCUT2D eigenvalue weighted by Crippen LogP contribution is -2.37. The van der Waals surface area contributed by atoms with E-state index in [0.29, 0.717) is 5.92 Å². The van der Waals surface area contributed by atoms with Crippen LogP contribution in [-0.2, 0) is 4.74 Å². The van der Waals surface area contributed by atoms with Gasteiger partial charge in [-0.25, -0.2) is 4.79 Å². The van der Waals surface area contributed by atoms with E-state index in [9.17, 15) is 4.79 Å². The minimum absolute atomic E-state index is 0.127. The molecule has 0 amide bonds. The Balaban J connectivity index is 1.95. The average Bonchev–Trinajstić information content (AvgIpc) is 2.05. The van der Waals surface area contributed by atoms with Crippen molar-refractivity contribution in [3.05, 3.63) is 0 Å². The highest BCUT2D eigenvalue weighted by molar-refractivity contribution is 6.61. The Kier molecular flexibility index (Phi) is 2.26. The van der Waals surface area contributed by atoms with Crippen molar-refractivity contribution in [2.45, 2.75) is 38.2 Å². The highest BCUT2D eigenvalue weighted by Crippen LogP contribution is 2.42. The van der Waals surface area contributed by atoms with E-state index in [0.717, 1.165) is 12.3 Å². The molecule has 3 aliphatic carbocycles. The summed E-state index contributed by atoms with van der Waals surface area (Å²) in [6, 6.07) is 0. The Bertz CT molecular complexity index is 185. The van der Waals surface area contributed by atoms with E-state index in [1.165, 1.54) is 25.7 Å². The molecule has 12 heavy (non-hydrogen) atoms. The monoisotopic (exact) mass is 188 g/mol. The normalized spacial score (nSPS) is 39.6. The first-order valence-electron chi connectivity index (χ1n) is 4.62. The van der Waals surface area contributed by atoms with Crippen LogP contribution in [0.25, 0.3) is 0 Å². The largest absolute Gasteiger partial charge is 0.450 e. The molecule has 68 valence electrons. The number of halogens is 1. The topological polar surface area (TPSA) is 26.3 Å². The van der Waals surface area contributed by atoms with E-state index >= 15 is 0 Å². The van der Waals surface area contributed by atoms with Gasteiger partial charge in [-0.2, -0.15) is 0 Å². The van der Waals surface area contributed by atoms with Crippen molar-refractivity contribution in [1.82, 2.24) is 0 Å². The summed E-state index contributed by atoms with van der Waals surface area (Å²) in [5, 5.41) is 0. The summed E-state index contributed by atoms with van der Waals surface area (Å²) in [7, 11) is 0. The minimum Gasteiger partial charge on any atom is -0.450 e. The van der Waals surface area contributed by atoms with E-state index in [4.69, 9.17) is 16.3 Å². The Morgan fingerprint density at radius 1 is 1.25 bits per heavy atom. The van der Waals surface area contributed by atoms with Gasteiger partial charge in [0, 0.05) is 11.6 Å². The molecule has 0 aromatic carbocycles. The molecule has 3 saturated carbocycles. The first-order valence-corrected chi connectivity index (χ1v) is 4.99. The van der Waals surface area contributed by atoms with Gasteiger partial charge in [-0.15, -0.1) is 0 Å². The SMILES string of the molecule is O=C(Cl)OC1CC2CCC1CC2. The van der Waals surface area contributed by atoms with Gasteiger partial charge in [-0.05, 0) is 43.9 Å². The van der Waals surface area contributed by atoms with E-state index < -0.39 is 5.43 Å². The zero-order chi connectivity index (χ0) is 8.55. The standard InChI is InChI=1S/C9H13ClO2/c10-9(11)12-8-5-6-1-3-7(8)4-2-6/h6-8H,1-5H2. The Hall–Kier alpha value is -0.240. The molecule has 3 rings (SSSR count). The van der Waals surface area contributed by atoms with Crippen LogP contribution in [0.5, 0.6) is 0 Å². The molecule has 0 heterocycles. The maximum atomic E-state index is 10.5. The maximum absolute atomic E-state index is 10.5. The quantitative estimate of drug-likeness (QED) is 0.592. The predicted molar refractivity (Wildman–Crippen MR) is 46.2 cm³/mol. The number of carbonyl (C=O) groups excluding carboxylic acids is 1. The molecule has 3 aliphatic rings. The van der Waals surface area contributed by atoms with Gasteiger partial charge in [-0.1, -0.05) is 0 Å². The molecule has 2 nitrogen and oxygen atoms in total. The fraction of sp³-hybridized carbons (Fsp3) is 0.889. The van der Waals surface area contributed by atoms with Crippen molar-refractivity contribution in [3.63, 3.8) is 0 Å². The maximum Gasteiger partial charge on any atom is 0.404 e. The smallest absolute Gasteiger partial charge is 0.404 e. The number of fused-ring (bicyclic) bond motifs is 3. The molecule has 3 fully saturated rings. The summed E-state index contributed by atoms with van der Waals surface area (Å²) in [5.41, 5.74) is -0.632. The first kappa shape index (κ1) is 8.36. The Morgan fingerprint density at radius 3 is 2.33 bits per heavy atom. The van der Waals surface area contributed by atoms with Crippen LogP contribution in [0.2, 0.25) is 0 Å². The number of hydrogen-bond acceptors (Lipinski definition) is 2. The zero-order valence-electron chi connectivity index (χ0n) is 6.96. The van der Waals surface area contributed by atoms with Gasteiger partial charge in [0.05, 0.1) is 0 Å². The number of carbonyl (C=O) groups is 1. The summed E-state index contributed by atoms with van der Waals surface area (Å²) < 4.78 is 5.05. The third kappa shape index (κ3) is 1.58. The fourth-order valence-corrected chi connectivity index (χ4v) is 2.69. The molecule has 0 radical (unpaired) electrons. The van der Waals surface area contributed by atoms with Gasteiger partial charge in [0.2, 0.25) is 0 Å². The first-order chi connectivity index (χ1) is 5.75. The Labute approximate surface area is 77.2 Å². The number of ether oxygens (including phenoxy) is 1. The van der Waals surface area contributed by atoms with Crippen LogP contribution in [-0.4, -0.2) is 11.5 Å². The van der Waals surface area contributed by atoms with Gasteiger partial charge in [0.15, 0.2) is 0 Å². The van der Waals surface area contributed by atoms with Crippen molar-refractivity contribution in [1.29, 1.82) is 0 Å². The van der Waals surface area contributed by atoms with Crippen LogP contribution >= 0.6 is 11.6 Å². The zero-order valence-corrected chi connectivity index (χ0v) is 7.72. The second-order valence-electron chi connectivity index (χ2n) is 3.91. The van der Waals surface area contributed by atoms with Crippen molar-refractivity contribution >= 4 is 17.0 Å². The van der Waals surface area contributed by atoms with Crippen molar-refractivity contribution in [2.75, 3.05) is 0 Å². The van der Waals surface area contributed by atoms with Gasteiger partial charge in [0.25, 0.3) is 0 Å². The van der Waals surface area contributed by atoms with E-state index in [2.05, 4.69) is 0 Å². The second-order valence-corrected chi connectivity index (χ2v) is 4.22.